The Morgan fingerprint density at radius 2 is 1.71 bits per heavy atom. The van der Waals surface area contributed by atoms with Gasteiger partial charge in [0.25, 0.3) is 0 Å². The van der Waals surface area contributed by atoms with Gasteiger partial charge in [-0.2, -0.15) is 5.26 Å². The van der Waals surface area contributed by atoms with E-state index in [1.54, 1.807) is 16.7 Å². The van der Waals surface area contributed by atoms with Crippen LogP contribution in [0, 0.1) is 16.7 Å². The fraction of sp³-hybridized carbons (Fsp3) is 0.750. The van der Waals surface area contributed by atoms with Crippen LogP contribution in [0.15, 0.2) is 0 Å². The van der Waals surface area contributed by atoms with Crippen LogP contribution in [0.3, 0.4) is 0 Å². The summed E-state index contributed by atoms with van der Waals surface area (Å²) >= 11 is 0. The van der Waals surface area contributed by atoms with Gasteiger partial charge in [-0.1, -0.05) is 6.92 Å². The second kappa shape index (κ2) is 5.17. The van der Waals surface area contributed by atoms with E-state index < -0.39 is 5.41 Å². The highest BCUT2D eigenvalue weighted by molar-refractivity contribution is 5.85. The lowest BCUT2D eigenvalue weighted by molar-refractivity contribution is -0.143. The number of carbonyl (C=O) groups excluding carboxylic acids is 2. The van der Waals surface area contributed by atoms with Crippen LogP contribution in [-0.2, 0) is 9.59 Å². The molecule has 0 aromatic heterocycles. The van der Waals surface area contributed by atoms with Crippen molar-refractivity contribution in [2.24, 2.45) is 5.41 Å². The fourth-order valence-electron chi connectivity index (χ4n) is 1.85. The van der Waals surface area contributed by atoms with E-state index in [0.29, 0.717) is 32.6 Å². The second-order valence-electron chi connectivity index (χ2n) is 4.60. The Morgan fingerprint density at radius 3 is 2.06 bits per heavy atom. The zero-order valence-corrected chi connectivity index (χ0v) is 10.7. The van der Waals surface area contributed by atoms with E-state index in [9.17, 15) is 9.59 Å². The van der Waals surface area contributed by atoms with Crippen LogP contribution in [0.5, 0.6) is 0 Å². The van der Waals surface area contributed by atoms with Gasteiger partial charge in [-0.05, 0) is 13.3 Å². The lowest BCUT2D eigenvalue weighted by Gasteiger charge is -2.37. The summed E-state index contributed by atoms with van der Waals surface area (Å²) < 4.78 is 0. The lowest BCUT2D eigenvalue weighted by Crippen LogP contribution is -2.53. The van der Waals surface area contributed by atoms with Crippen molar-refractivity contribution in [2.45, 2.75) is 27.2 Å². The second-order valence-corrected chi connectivity index (χ2v) is 4.60. The molecular weight excluding hydrogens is 218 g/mol. The van der Waals surface area contributed by atoms with Gasteiger partial charge in [-0.25, -0.2) is 0 Å². The number of nitrogens with zero attached hydrogens (tertiary/aromatic N) is 3. The van der Waals surface area contributed by atoms with Crippen LogP contribution in [0.2, 0.25) is 0 Å². The van der Waals surface area contributed by atoms with Gasteiger partial charge in [-0.3, -0.25) is 9.59 Å². The molecule has 94 valence electrons. The lowest BCUT2D eigenvalue weighted by atomic mass is 9.87. The van der Waals surface area contributed by atoms with Crippen LogP contribution < -0.4 is 0 Å². The predicted octanol–water partition coefficient (Wildman–Crippen LogP) is 0.617. The van der Waals surface area contributed by atoms with Crippen molar-refractivity contribution in [1.29, 1.82) is 5.26 Å². The molecule has 1 heterocycles. The number of hydrogen-bond donors (Lipinski definition) is 0. The molecule has 17 heavy (non-hydrogen) atoms. The smallest absolute Gasteiger partial charge is 0.242 e. The Morgan fingerprint density at radius 1 is 1.24 bits per heavy atom. The highest BCUT2D eigenvalue weighted by atomic mass is 16.2. The van der Waals surface area contributed by atoms with Gasteiger partial charge >= 0.3 is 0 Å². The molecule has 0 N–H and O–H groups in total. The van der Waals surface area contributed by atoms with Crippen molar-refractivity contribution in [1.82, 2.24) is 9.80 Å². The van der Waals surface area contributed by atoms with E-state index in [1.807, 2.05) is 6.92 Å². The van der Waals surface area contributed by atoms with E-state index in [4.69, 9.17) is 5.26 Å². The summed E-state index contributed by atoms with van der Waals surface area (Å²) in [5.41, 5.74) is -0.932. The van der Waals surface area contributed by atoms with Crippen molar-refractivity contribution < 1.29 is 9.59 Å². The molecule has 0 aromatic rings. The third-order valence-electron chi connectivity index (χ3n) is 3.44. The minimum absolute atomic E-state index is 0.0376. The van der Waals surface area contributed by atoms with Crippen molar-refractivity contribution in [3.63, 3.8) is 0 Å². The van der Waals surface area contributed by atoms with Crippen molar-refractivity contribution in [3.8, 4) is 6.07 Å². The van der Waals surface area contributed by atoms with Gasteiger partial charge in [0, 0.05) is 33.1 Å². The average Bonchev–Trinajstić information content (AvgIpc) is 2.37. The third kappa shape index (κ3) is 2.76. The Bertz CT molecular complexity index is 353. The molecule has 0 aliphatic carbocycles. The molecule has 1 saturated heterocycles. The van der Waals surface area contributed by atoms with E-state index in [2.05, 4.69) is 6.07 Å². The number of piperazine rings is 1. The maximum absolute atomic E-state index is 12.2. The highest BCUT2D eigenvalue weighted by Crippen LogP contribution is 2.23. The maximum Gasteiger partial charge on any atom is 0.242 e. The van der Waals surface area contributed by atoms with Crippen LogP contribution in [-0.4, -0.2) is 47.8 Å². The van der Waals surface area contributed by atoms with E-state index in [-0.39, 0.29) is 11.8 Å². The van der Waals surface area contributed by atoms with Gasteiger partial charge in [0.15, 0.2) is 0 Å². The Balaban J connectivity index is 2.64. The van der Waals surface area contributed by atoms with E-state index in [0.717, 1.165) is 0 Å². The number of hydrogen-bond acceptors (Lipinski definition) is 3. The molecule has 1 aliphatic rings. The molecule has 5 heteroatoms. The summed E-state index contributed by atoms with van der Waals surface area (Å²) in [5.74, 6) is -0.0821. The van der Waals surface area contributed by atoms with Gasteiger partial charge in [0.2, 0.25) is 11.8 Å². The van der Waals surface area contributed by atoms with Crippen LogP contribution >= 0.6 is 0 Å². The molecule has 0 radical (unpaired) electrons. The van der Waals surface area contributed by atoms with Crippen LogP contribution in [0.4, 0.5) is 0 Å². The molecule has 1 aliphatic heterocycles. The molecule has 0 aromatic carbocycles. The van der Waals surface area contributed by atoms with Gasteiger partial charge in [0.1, 0.15) is 5.41 Å². The molecule has 1 atom stereocenters. The summed E-state index contributed by atoms with van der Waals surface area (Å²) in [6.45, 7) is 7.21. The molecule has 0 bridgehead atoms. The molecule has 0 spiro atoms. The van der Waals surface area contributed by atoms with E-state index in [1.165, 1.54) is 6.92 Å². The number of carbonyl (C=O) groups is 2. The third-order valence-corrected chi connectivity index (χ3v) is 3.44. The molecule has 1 unspecified atom stereocenters. The van der Waals surface area contributed by atoms with Gasteiger partial charge < -0.3 is 9.80 Å². The Labute approximate surface area is 102 Å². The minimum atomic E-state index is -0.932. The largest absolute Gasteiger partial charge is 0.339 e. The first-order valence-electron chi connectivity index (χ1n) is 5.90. The Hall–Kier alpha value is -1.57. The zero-order valence-electron chi connectivity index (χ0n) is 10.7. The Kier molecular flexibility index (Phi) is 4.11. The van der Waals surface area contributed by atoms with E-state index >= 15 is 0 Å². The quantitative estimate of drug-likeness (QED) is 0.707. The van der Waals surface area contributed by atoms with Crippen LogP contribution in [0.25, 0.3) is 0 Å². The number of rotatable bonds is 2. The monoisotopic (exact) mass is 237 g/mol. The van der Waals surface area contributed by atoms with Gasteiger partial charge in [0.05, 0.1) is 6.07 Å². The number of amides is 2. The van der Waals surface area contributed by atoms with Crippen LogP contribution in [0.1, 0.15) is 27.2 Å². The highest BCUT2D eigenvalue weighted by Gasteiger charge is 2.36. The molecular formula is C12H19N3O2. The summed E-state index contributed by atoms with van der Waals surface area (Å²) in [4.78, 5) is 26.7. The predicted molar refractivity (Wildman–Crippen MR) is 62.8 cm³/mol. The fourth-order valence-corrected chi connectivity index (χ4v) is 1.85. The summed E-state index contributed by atoms with van der Waals surface area (Å²) in [6.07, 6.45) is 0.509. The minimum Gasteiger partial charge on any atom is -0.339 e. The number of nitriles is 1. The van der Waals surface area contributed by atoms with Gasteiger partial charge in [-0.15, -0.1) is 0 Å². The molecule has 1 rings (SSSR count). The molecule has 2 amide bonds. The molecule has 0 saturated carbocycles. The first-order valence-corrected chi connectivity index (χ1v) is 5.90. The van der Waals surface area contributed by atoms with Crippen molar-refractivity contribution >= 4 is 11.8 Å². The topological polar surface area (TPSA) is 64.4 Å². The normalized spacial score (nSPS) is 19.4. The first kappa shape index (κ1) is 13.5. The SMILES string of the molecule is CCC(C)(C#N)C(=O)N1CCN(C(C)=O)CC1. The average molecular weight is 237 g/mol. The maximum atomic E-state index is 12.2. The summed E-state index contributed by atoms with van der Waals surface area (Å²) in [7, 11) is 0. The first-order chi connectivity index (χ1) is 7.94. The summed E-state index contributed by atoms with van der Waals surface area (Å²) in [6, 6.07) is 2.09. The molecule has 1 fully saturated rings. The van der Waals surface area contributed by atoms with Crippen molar-refractivity contribution in [3.05, 3.63) is 0 Å². The van der Waals surface area contributed by atoms with Crippen molar-refractivity contribution in [2.75, 3.05) is 26.2 Å². The summed E-state index contributed by atoms with van der Waals surface area (Å²) in [5, 5.41) is 9.06. The standard InChI is InChI=1S/C12H19N3O2/c1-4-12(3,9-13)11(17)15-7-5-14(6-8-15)10(2)16/h4-8H2,1-3H3. The molecule has 5 nitrogen and oxygen atoms in total. The zero-order chi connectivity index (χ0) is 13.1.